The summed E-state index contributed by atoms with van der Waals surface area (Å²) in [5, 5.41) is 13.0. The molecule has 0 saturated carbocycles. The van der Waals surface area contributed by atoms with Crippen molar-refractivity contribution in [2.45, 2.75) is 32.4 Å². The van der Waals surface area contributed by atoms with Gasteiger partial charge in [0.2, 0.25) is 0 Å². The van der Waals surface area contributed by atoms with Crippen LogP contribution in [0.4, 0.5) is 0 Å². The van der Waals surface area contributed by atoms with Crippen molar-refractivity contribution in [2.75, 3.05) is 20.3 Å². The summed E-state index contributed by atoms with van der Waals surface area (Å²) >= 11 is 8.10. The first kappa shape index (κ1) is 16.5. The van der Waals surface area contributed by atoms with Crippen molar-refractivity contribution in [2.24, 2.45) is 0 Å². The Hall–Kier alpha value is -0.880. The predicted octanol–water partition coefficient (Wildman–Crippen LogP) is 3.53. The van der Waals surface area contributed by atoms with Crippen molar-refractivity contribution < 1.29 is 4.74 Å². The summed E-state index contributed by atoms with van der Waals surface area (Å²) in [6.07, 6.45) is 3.73. The van der Waals surface area contributed by atoms with E-state index in [9.17, 15) is 0 Å². The summed E-state index contributed by atoms with van der Waals surface area (Å²) in [6, 6.07) is 2.33. The molecule has 2 heterocycles. The number of nitrogens with zero attached hydrogens (tertiary/aromatic N) is 2. The Kier molecular flexibility index (Phi) is 6.70. The Labute approximate surface area is 135 Å². The molecule has 6 heteroatoms. The maximum Gasteiger partial charge on any atom is 0.0834 e. The molecule has 0 bridgehead atoms. The molecule has 0 aromatic carbocycles. The average Bonchev–Trinajstić information content (AvgIpc) is 3.11. The van der Waals surface area contributed by atoms with Crippen LogP contribution in [-0.2, 0) is 17.7 Å². The SMILES string of the molecule is CCCNC(Cc1ccsc1)c1c(Cl)cnn1CCOC. The van der Waals surface area contributed by atoms with Gasteiger partial charge < -0.3 is 10.1 Å². The van der Waals surface area contributed by atoms with Crippen LogP contribution >= 0.6 is 22.9 Å². The molecule has 0 fully saturated rings. The first-order valence-corrected chi connectivity index (χ1v) is 8.53. The zero-order valence-corrected chi connectivity index (χ0v) is 14.1. The van der Waals surface area contributed by atoms with Gasteiger partial charge in [-0.25, -0.2) is 0 Å². The fourth-order valence-corrected chi connectivity index (χ4v) is 3.26. The molecule has 2 aromatic heterocycles. The normalized spacial score (nSPS) is 12.7. The van der Waals surface area contributed by atoms with Crippen molar-refractivity contribution in [3.63, 3.8) is 0 Å². The van der Waals surface area contributed by atoms with Crippen LogP contribution in [0.2, 0.25) is 5.02 Å². The number of halogens is 1. The Balaban J connectivity index is 2.20. The van der Waals surface area contributed by atoms with Gasteiger partial charge in [0.05, 0.1) is 36.1 Å². The van der Waals surface area contributed by atoms with Crippen LogP contribution in [0.15, 0.2) is 23.0 Å². The minimum atomic E-state index is 0.173. The molecular weight excluding hydrogens is 306 g/mol. The van der Waals surface area contributed by atoms with Crippen LogP contribution in [0, 0.1) is 0 Å². The summed E-state index contributed by atoms with van der Waals surface area (Å²) in [6.45, 7) is 4.47. The Morgan fingerprint density at radius 2 is 2.38 bits per heavy atom. The average molecular weight is 328 g/mol. The molecule has 0 spiro atoms. The van der Waals surface area contributed by atoms with E-state index in [0.717, 1.165) is 30.1 Å². The second-order valence-corrected chi connectivity index (χ2v) is 6.12. The molecule has 116 valence electrons. The van der Waals surface area contributed by atoms with E-state index in [0.29, 0.717) is 13.2 Å². The van der Waals surface area contributed by atoms with Crippen molar-refractivity contribution in [3.05, 3.63) is 39.3 Å². The zero-order chi connectivity index (χ0) is 15.1. The summed E-state index contributed by atoms with van der Waals surface area (Å²) in [5.41, 5.74) is 2.37. The van der Waals surface area contributed by atoms with Crippen molar-refractivity contribution in [1.29, 1.82) is 0 Å². The maximum atomic E-state index is 6.38. The lowest BCUT2D eigenvalue weighted by atomic mass is 10.1. The van der Waals surface area contributed by atoms with Gasteiger partial charge in [-0.05, 0) is 41.8 Å². The summed E-state index contributed by atoms with van der Waals surface area (Å²) in [5.74, 6) is 0. The molecule has 21 heavy (non-hydrogen) atoms. The van der Waals surface area contributed by atoms with Crippen LogP contribution in [0.1, 0.15) is 30.6 Å². The Morgan fingerprint density at radius 3 is 3.05 bits per heavy atom. The van der Waals surface area contributed by atoms with Crippen molar-refractivity contribution in [3.8, 4) is 0 Å². The number of ether oxygens (including phenoxy) is 1. The molecular formula is C15H22ClN3OS. The third kappa shape index (κ3) is 4.54. The van der Waals surface area contributed by atoms with Crippen LogP contribution in [0.5, 0.6) is 0 Å². The molecule has 1 unspecified atom stereocenters. The van der Waals surface area contributed by atoms with Gasteiger partial charge >= 0.3 is 0 Å². The molecule has 2 aromatic rings. The summed E-state index contributed by atoms with van der Waals surface area (Å²) < 4.78 is 7.10. The molecule has 0 aliphatic rings. The number of aromatic nitrogens is 2. The van der Waals surface area contributed by atoms with Gasteiger partial charge in [0, 0.05) is 7.11 Å². The first-order chi connectivity index (χ1) is 10.3. The third-order valence-corrected chi connectivity index (χ3v) is 4.35. The molecule has 0 radical (unpaired) electrons. The number of thiophene rings is 1. The molecule has 4 nitrogen and oxygen atoms in total. The van der Waals surface area contributed by atoms with E-state index >= 15 is 0 Å². The lowest BCUT2D eigenvalue weighted by Gasteiger charge is -2.20. The lowest BCUT2D eigenvalue weighted by Crippen LogP contribution is -2.27. The Bertz CT molecular complexity index is 527. The smallest absolute Gasteiger partial charge is 0.0834 e. The standard InChI is InChI=1S/C15H22ClN3OS/c1-3-5-17-14(9-12-4-8-21-11-12)15-13(16)10-18-19(15)6-7-20-2/h4,8,10-11,14,17H,3,5-7,9H2,1-2H3. The van der Waals surface area contributed by atoms with Crippen molar-refractivity contribution in [1.82, 2.24) is 15.1 Å². The maximum absolute atomic E-state index is 6.38. The largest absolute Gasteiger partial charge is 0.383 e. The minimum absolute atomic E-state index is 0.173. The van der Waals surface area contributed by atoms with Crippen LogP contribution in [0.25, 0.3) is 0 Å². The molecule has 0 aliphatic carbocycles. The monoisotopic (exact) mass is 327 g/mol. The van der Waals surface area contributed by atoms with Crippen LogP contribution in [-0.4, -0.2) is 30.0 Å². The second-order valence-electron chi connectivity index (χ2n) is 4.94. The van der Waals surface area contributed by atoms with Gasteiger partial charge in [0.25, 0.3) is 0 Å². The predicted molar refractivity (Wildman–Crippen MR) is 88.2 cm³/mol. The molecule has 1 N–H and O–H groups in total. The lowest BCUT2D eigenvalue weighted by molar-refractivity contribution is 0.181. The van der Waals surface area contributed by atoms with E-state index in [1.807, 2.05) is 4.68 Å². The highest BCUT2D eigenvalue weighted by Crippen LogP contribution is 2.26. The van der Waals surface area contributed by atoms with E-state index in [1.54, 1.807) is 24.6 Å². The van der Waals surface area contributed by atoms with Gasteiger partial charge in [0.15, 0.2) is 0 Å². The zero-order valence-electron chi connectivity index (χ0n) is 12.5. The highest BCUT2D eigenvalue weighted by atomic mass is 35.5. The minimum Gasteiger partial charge on any atom is -0.383 e. The quantitative estimate of drug-likeness (QED) is 0.765. The Morgan fingerprint density at radius 1 is 1.52 bits per heavy atom. The number of hydrogen-bond donors (Lipinski definition) is 1. The van der Waals surface area contributed by atoms with Crippen LogP contribution in [0.3, 0.4) is 0 Å². The van der Waals surface area contributed by atoms with Gasteiger partial charge in [-0.2, -0.15) is 16.4 Å². The highest BCUT2D eigenvalue weighted by Gasteiger charge is 2.20. The molecule has 1 atom stereocenters. The van der Waals surface area contributed by atoms with Gasteiger partial charge in [-0.1, -0.05) is 18.5 Å². The van der Waals surface area contributed by atoms with Crippen LogP contribution < -0.4 is 5.32 Å². The van der Waals surface area contributed by atoms with Gasteiger partial charge in [-0.3, -0.25) is 4.68 Å². The summed E-state index contributed by atoms with van der Waals surface area (Å²) in [7, 11) is 1.70. The first-order valence-electron chi connectivity index (χ1n) is 7.20. The third-order valence-electron chi connectivity index (χ3n) is 3.33. The number of nitrogens with one attached hydrogen (secondary N) is 1. The topological polar surface area (TPSA) is 39.1 Å². The fourth-order valence-electron chi connectivity index (χ4n) is 2.30. The number of methoxy groups -OCH3 is 1. The van der Waals surface area contributed by atoms with E-state index in [-0.39, 0.29) is 6.04 Å². The van der Waals surface area contributed by atoms with Crippen molar-refractivity contribution >= 4 is 22.9 Å². The fraction of sp³-hybridized carbons (Fsp3) is 0.533. The van der Waals surface area contributed by atoms with E-state index in [4.69, 9.17) is 16.3 Å². The van der Waals surface area contributed by atoms with Gasteiger partial charge in [0.1, 0.15) is 0 Å². The van der Waals surface area contributed by atoms with Gasteiger partial charge in [-0.15, -0.1) is 0 Å². The molecule has 0 saturated heterocycles. The second kappa shape index (κ2) is 8.54. The molecule has 0 aliphatic heterocycles. The summed E-state index contributed by atoms with van der Waals surface area (Å²) in [4.78, 5) is 0. The van der Waals surface area contributed by atoms with E-state index < -0.39 is 0 Å². The number of rotatable bonds is 9. The highest BCUT2D eigenvalue weighted by molar-refractivity contribution is 7.07. The molecule has 2 rings (SSSR count). The van der Waals surface area contributed by atoms with E-state index in [1.165, 1.54) is 5.56 Å². The number of hydrogen-bond acceptors (Lipinski definition) is 4. The van der Waals surface area contributed by atoms with E-state index in [2.05, 4.69) is 34.2 Å². The molecule has 0 amide bonds.